The van der Waals surface area contributed by atoms with Crippen molar-refractivity contribution < 1.29 is 18.0 Å². The molecule has 0 aliphatic carbocycles. The first-order valence-corrected chi connectivity index (χ1v) is 10.3. The monoisotopic (exact) mass is 446 g/mol. The van der Waals surface area contributed by atoms with E-state index in [-0.39, 0.29) is 10.7 Å². The van der Waals surface area contributed by atoms with Gasteiger partial charge in [0.2, 0.25) is 5.13 Å². The highest BCUT2D eigenvalue weighted by Gasteiger charge is 2.30. The molecule has 2 aromatic heterocycles. The van der Waals surface area contributed by atoms with Gasteiger partial charge in [0.05, 0.1) is 11.1 Å². The quantitative estimate of drug-likeness (QED) is 0.400. The number of alkyl halides is 3. The minimum atomic E-state index is -4.45. The fourth-order valence-electron chi connectivity index (χ4n) is 2.70. The number of carbonyl (C=O) groups excluding carboxylic acids is 1. The van der Waals surface area contributed by atoms with Crippen LogP contribution in [0.3, 0.4) is 0 Å². The lowest BCUT2D eigenvalue weighted by Crippen LogP contribution is -2.12. The molecule has 0 spiro atoms. The van der Waals surface area contributed by atoms with Crippen LogP contribution in [-0.4, -0.2) is 21.1 Å². The lowest BCUT2D eigenvalue weighted by molar-refractivity contribution is -0.137. The number of aromatic nitrogens is 3. The lowest BCUT2D eigenvalue weighted by Gasteiger charge is -2.07. The smallest absolute Gasteiger partial charge is 0.296 e. The van der Waals surface area contributed by atoms with Crippen molar-refractivity contribution in [3.8, 4) is 0 Å². The Hall–Kier alpha value is -2.98. The molecule has 1 N–H and O–H groups in total. The summed E-state index contributed by atoms with van der Waals surface area (Å²) in [6, 6.07) is 11.9. The summed E-state index contributed by atoms with van der Waals surface area (Å²) < 4.78 is 38.5. The Kier molecular flexibility index (Phi) is 5.44. The van der Waals surface area contributed by atoms with Crippen LogP contribution in [0.1, 0.15) is 21.5 Å². The van der Waals surface area contributed by atoms with Crippen LogP contribution in [0.5, 0.6) is 0 Å². The highest BCUT2D eigenvalue weighted by molar-refractivity contribution is 8.01. The third-order valence-corrected chi connectivity index (χ3v) is 6.12. The maximum absolute atomic E-state index is 12.6. The summed E-state index contributed by atoms with van der Waals surface area (Å²) in [6.07, 6.45) is -2.73. The normalized spacial score (nSPS) is 11.6. The molecular formula is C20H13F3N4OS2. The molecule has 0 saturated carbocycles. The Balaban J connectivity index is 1.48. The van der Waals surface area contributed by atoms with E-state index in [2.05, 4.69) is 20.5 Å². The zero-order chi connectivity index (χ0) is 21.3. The van der Waals surface area contributed by atoms with Crippen molar-refractivity contribution in [2.45, 2.75) is 22.3 Å². The number of pyridine rings is 1. The highest BCUT2D eigenvalue weighted by atomic mass is 32.2. The molecule has 0 bridgehead atoms. The number of nitrogens with one attached hydrogen (secondary N) is 1. The molecule has 0 aliphatic heterocycles. The Morgan fingerprint density at radius 3 is 2.57 bits per heavy atom. The average Bonchev–Trinajstić information content (AvgIpc) is 3.14. The van der Waals surface area contributed by atoms with Crippen LogP contribution in [0, 0.1) is 6.92 Å². The van der Waals surface area contributed by atoms with E-state index < -0.39 is 17.6 Å². The predicted molar refractivity (Wildman–Crippen MR) is 110 cm³/mol. The largest absolute Gasteiger partial charge is 0.416 e. The van der Waals surface area contributed by atoms with Crippen molar-refractivity contribution in [1.29, 1.82) is 0 Å². The van der Waals surface area contributed by atoms with E-state index in [1.807, 2.05) is 31.2 Å². The van der Waals surface area contributed by atoms with Gasteiger partial charge in [-0.15, -0.1) is 10.2 Å². The van der Waals surface area contributed by atoms with Crippen LogP contribution in [-0.2, 0) is 6.18 Å². The number of rotatable bonds is 4. The first kappa shape index (κ1) is 20.3. The number of nitrogens with zero attached hydrogens (tertiary/aromatic N) is 3. The number of halogens is 3. The van der Waals surface area contributed by atoms with E-state index in [9.17, 15) is 18.0 Å². The minimum absolute atomic E-state index is 0.0999. The lowest BCUT2D eigenvalue weighted by atomic mass is 10.1. The van der Waals surface area contributed by atoms with Gasteiger partial charge < -0.3 is 0 Å². The molecule has 0 aliphatic rings. The van der Waals surface area contributed by atoms with Crippen LogP contribution in [0.25, 0.3) is 10.9 Å². The Morgan fingerprint density at radius 1 is 1.07 bits per heavy atom. The van der Waals surface area contributed by atoms with Crippen molar-refractivity contribution in [2.24, 2.45) is 0 Å². The van der Waals surface area contributed by atoms with Gasteiger partial charge in [-0.25, -0.2) is 0 Å². The summed E-state index contributed by atoms with van der Waals surface area (Å²) >= 11 is 2.58. The molecule has 4 rings (SSSR count). The van der Waals surface area contributed by atoms with Crippen LogP contribution in [0.4, 0.5) is 18.3 Å². The molecule has 0 atom stereocenters. The number of aryl methyl sites for hydroxylation is 1. The van der Waals surface area contributed by atoms with E-state index in [4.69, 9.17) is 0 Å². The first-order valence-electron chi connectivity index (χ1n) is 8.65. The highest BCUT2D eigenvalue weighted by Crippen LogP contribution is 2.36. The molecule has 0 radical (unpaired) electrons. The van der Waals surface area contributed by atoms with E-state index in [0.29, 0.717) is 4.34 Å². The summed E-state index contributed by atoms with van der Waals surface area (Å²) in [7, 11) is 0. The summed E-state index contributed by atoms with van der Waals surface area (Å²) in [4.78, 5) is 17.6. The van der Waals surface area contributed by atoms with Gasteiger partial charge in [-0.3, -0.25) is 15.1 Å². The number of anilines is 1. The van der Waals surface area contributed by atoms with Crippen LogP contribution < -0.4 is 5.32 Å². The van der Waals surface area contributed by atoms with Crippen molar-refractivity contribution in [3.63, 3.8) is 0 Å². The molecule has 152 valence electrons. The Labute approximate surface area is 177 Å². The number of fused-ring (bicyclic) bond motifs is 1. The molecule has 30 heavy (non-hydrogen) atoms. The van der Waals surface area contributed by atoms with Gasteiger partial charge in [0, 0.05) is 22.0 Å². The molecule has 2 aromatic carbocycles. The van der Waals surface area contributed by atoms with Gasteiger partial charge in [0.1, 0.15) is 0 Å². The van der Waals surface area contributed by atoms with Gasteiger partial charge in [-0.1, -0.05) is 35.2 Å². The summed E-state index contributed by atoms with van der Waals surface area (Å²) in [5, 5.41) is 11.8. The maximum atomic E-state index is 12.6. The van der Waals surface area contributed by atoms with Crippen molar-refractivity contribution in [1.82, 2.24) is 15.2 Å². The number of benzene rings is 2. The summed E-state index contributed by atoms with van der Waals surface area (Å²) in [6.45, 7) is 2.00. The molecule has 10 heteroatoms. The van der Waals surface area contributed by atoms with E-state index in [1.165, 1.54) is 23.1 Å². The molecule has 0 fully saturated rings. The minimum Gasteiger partial charge on any atom is -0.296 e. The van der Waals surface area contributed by atoms with Gasteiger partial charge in [0.15, 0.2) is 4.34 Å². The number of hydrogen-bond acceptors (Lipinski definition) is 6. The zero-order valence-corrected chi connectivity index (χ0v) is 17.0. The third kappa shape index (κ3) is 4.44. The molecular weight excluding hydrogens is 433 g/mol. The van der Waals surface area contributed by atoms with Crippen molar-refractivity contribution in [2.75, 3.05) is 5.32 Å². The second-order valence-electron chi connectivity index (χ2n) is 6.33. The fraction of sp³-hybridized carbons (Fsp3) is 0.100. The van der Waals surface area contributed by atoms with Gasteiger partial charge in [-0.05, 0) is 48.9 Å². The first-order chi connectivity index (χ1) is 14.3. The number of amides is 1. The molecule has 5 nitrogen and oxygen atoms in total. The second-order valence-corrected chi connectivity index (χ2v) is 8.60. The van der Waals surface area contributed by atoms with E-state index >= 15 is 0 Å². The molecule has 1 amide bonds. The van der Waals surface area contributed by atoms with E-state index in [1.54, 1.807) is 6.20 Å². The molecule has 0 unspecified atom stereocenters. The molecule has 4 aromatic rings. The van der Waals surface area contributed by atoms with Crippen molar-refractivity contribution >= 4 is 45.0 Å². The predicted octanol–water partition coefficient (Wildman–Crippen LogP) is 5.82. The average molecular weight is 446 g/mol. The van der Waals surface area contributed by atoms with E-state index in [0.717, 1.165) is 45.6 Å². The van der Waals surface area contributed by atoms with Crippen LogP contribution in [0.15, 0.2) is 64.0 Å². The van der Waals surface area contributed by atoms with Crippen LogP contribution in [0.2, 0.25) is 0 Å². The third-order valence-electron chi connectivity index (χ3n) is 4.16. The van der Waals surface area contributed by atoms with Crippen molar-refractivity contribution in [3.05, 3.63) is 71.4 Å². The van der Waals surface area contributed by atoms with Gasteiger partial charge >= 0.3 is 6.18 Å². The SMILES string of the molecule is Cc1ccc2c(Sc3nnc(NC(=O)c4ccc(C(F)(F)F)cc4)s3)ccnc2c1. The summed E-state index contributed by atoms with van der Waals surface area (Å²) in [5.41, 5.74) is 1.28. The fourth-order valence-corrected chi connectivity index (χ4v) is 4.52. The Bertz CT molecular complexity index is 1220. The van der Waals surface area contributed by atoms with Gasteiger partial charge in [0.25, 0.3) is 5.91 Å². The standard InChI is InChI=1S/C20H13F3N4OS2/c1-11-2-7-14-15(10-11)24-9-8-16(14)29-19-27-26-18(30-19)25-17(28)12-3-5-13(6-4-12)20(21,22)23/h2-10H,1H3,(H,25,26,28). The number of carbonyl (C=O) groups is 1. The number of hydrogen-bond donors (Lipinski definition) is 1. The van der Waals surface area contributed by atoms with Gasteiger partial charge in [-0.2, -0.15) is 13.2 Å². The zero-order valence-electron chi connectivity index (χ0n) is 15.4. The van der Waals surface area contributed by atoms with Crippen LogP contribution >= 0.6 is 23.1 Å². The maximum Gasteiger partial charge on any atom is 0.416 e. The Morgan fingerprint density at radius 2 is 1.83 bits per heavy atom. The second kappa shape index (κ2) is 8.04. The summed E-state index contributed by atoms with van der Waals surface area (Å²) in [5.74, 6) is -0.554. The molecule has 0 saturated heterocycles. The molecule has 2 heterocycles. The topological polar surface area (TPSA) is 67.8 Å².